The first kappa shape index (κ1) is 3.87. The Hall–Kier alpha value is -0.0800. The minimum absolute atomic E-state index is 0.630. The molecule has 7 heavy (non-hydrogen) atoms. The summed E-state index contributed by atoms with van der Waals surface area (Å²) in [5.74, 6) is 0. The van der Waals surface area contributed by atoms with Gasteiger partial charge in [-0.2, -0.15) is 0 Å². The molecule has 0 aromatic carbocycles. The van der Waals surface area contributed by atoms with E-state index in [4.69, 9.17) is 0 Å². The fraction of sp³-hybridized carbons (Fsp3) is 1.00. The Labute approximate surface area is 43.3 Å². The molecule has 2 aliphatic heterocycles. The van der Waals surface area contributed by atoms with Gasteiger partial charge in [-0.25, -0.2) is 10.6 Å². The van der Waals surface area contributed by atoms with Crippen LogP contribution in [0.1, 0.15) is 6.42 Å². The first-order chi connectivity index (χ1) is 3.45. The molecule has 0 aliphatic carbocycles. The summed E-state index contributed by atoms with van der Waals surface area (Å²) < 4.78 is 0. The van der Waals surface area contributed by atoms with Crippen molar-refractivity contribution in [3.05, 3.63) is 0 Å². The Bertz CT molecular complexity index is 64.1. The lowest BCUT2D eigenvalue weighted by Gasteiger charge is -2.06. The molecule has 2 aliphatic rings. The summed E-state index contributed by atoms with van der Waals surface area (Å²) in [4.78, 5) is 0. The van der Waals surface area contributed by atoms with Crippen molar-refractivity contribution in [3.63, 3.8) is 0 Å². The molecule has 2 radical (unpaired) electrons. The van der Waals surface area contributed by atoms with Crippen molar-refractivity contribution in [3.8, 4) is 0 Å². The standard InChI is InChI=1S/C5H8N2/c1-4-2-6-5(1)3-7-4/h4-5H,1-3H2/t4-,5-/m0/s1. The molecular weight excluding hydrogens is 88.1 g/mol. The number of nitrogens with zero attached hydrogens (tertiary/aromatic N) is 2. The van der Waals surface area contributed by atoms with E-state index < -0.39 is 0 Å². The van der Waals surface area contributed by atoms with Gasteiger partial charge in [0.15, 0.2) is 0 Å². The summed E-state index contributed by atoms with van der Waals surface area (Å²) >= 11 is 0. The Morgan fingerprint density at radius 1 is 1.00 bits per heavy atom. The molecule has 38 valence electrons. The van der Waals surface area contributed by atoms with E-state index in [9.17, 15) is 0 Å². The Kier molecular flexibility index (Phi) is 0.664. The van der Waals surface area contributed by atoms with Crippen LogP contribution in [0.3, 0.4) is 0 Å². The van der Waals surface area contributed by atoms with Gasteiger partial charge in [-0.05, 0) is 6.42 Å². The van der Waals surface area contributed by atoms with E-state index in [2.05, 4.69) is 10.6 Å². The lowest BCUT2D eigenvalue weighted by Crippen LogP contribution is -2.30. The highest BCUT2D eigenvalue weighted by Gasteiger charge is 2.32. The number of fused-ring (bicyclic) bond motifs is 2. The second-order valence-corrected chi connectivity index (χ2v) is 2.27. The Balaban J connectivity index is 2.12. The first-order valence-corrected chi connectivity index (χ1v) is 2.78. The van der Waals surface area contributed by atoms with Crippen LogP contribution in [0.2, 0.25) is 0 Å². The number of hydrogen-bond donors (Lipinski definition) is 0. The average Bonchev–Trinajstić information content (AvgIpc) is 2.22. The molecule has 0 amide bonds. The molecule has 2 saturated heterocycles. The van der Waals surface area contributed by atoms with Crippen LogP contribution in [0.4, 0.5) is 0 Å². The number of piperazine rings is 1. The van der Waals surface area contributed by atoms with Crippen LogP contribution in [0.15, 0.2) is 0 Å². The van der Waals surface area contributed by atoms with Crippen LogP contribution in [-0.2, 0) is 0 Å². The van der Waals surface area contributed by atoms with Crippen molar-refractivity contribution in [1.82, 2.24) is 10.6 Å². The monoisotopic (exact) mass is 96.1 g/mol. The summed E-state index contributed by atoms with van der Waals surface area (Å²) in [6.07, 6.45) is 1.25. The van der Waals surface area contributed by atoms with Gasteiger partial charge in [0.25, 0.3) is 0 Å². The van der Waals surface area contributed by atoms with Crippen LogP contribution < -0.4 is 10.6 Å². The molecule has 0 N–H and O–H groups in total. The van der Waals surface area contributed by atoms with E-state index in [0.717, 1.165) is 13.1 Å². The maximum atomic E-state index is 4.31. The van der Waals surface area contributed by atoms with Gasteiger partial charge in [-0.3, -0.25) is 0 Å². The van der Waals surface area contributed by atoms with E-state index >= 15 is 0 Å². The largest absolute Gasteiger partial charge is 0.235 e. The average molecular weight is 96.1 g/mol. The third-order valence-electron chi connectivity index (χ3n) is 1.69. The van der Waals surface area contributed by atoms with E-state index in [-0.39, 0.29) is 0 Å². The summed E-state index contributed by atoms with van der Waals surface area (Å²) in [5, 5.41) is 8.62. The van der Waals surface area contributed by atoms with E-state index in [1.165, 1.54) is 6.42 Å². The quantitative estimate of drug-likeness (QED) is 0.383. The molecule has 0 saturated carbocycles. The highest BCUT2D eigenvalue weighted by molar-refractivity contribution is 4.93. The Morgan fingerprint density at radius 3 is 1.71 bits per heavy atom. The maximum absolute atomic E-state index is 4.31. The topological polar surface area (TPSA) is 28.2 Å². The van der Waals surface area contributed by atoms with Crippen molar-refractivity contribution < 1.29 is 0 Å². The second kappa shape index (κ2) is 1.20. The van der Waals surface area contributed by atoms with E-state index in [0.29, 0.717) is 12.1 Å². The molecule has 0 aromatic rings. The van der Waals surface area contributed by atoms with Crippen molar-refractivity contribution in [1.29, 1.82) is 0 Å². The van der Waals surface area contributed by atoms with Crippen molar-refractivity contribution >= 4 is 0 Å². The molecule has 2 heteroatoms. The number of rotatable bonds is 0. The molecule has 2 bridgehead atoms. The SMILES string of the molecule is C1[N][C@@H]2C[N][C@H]1C2. The van der Waals surface area contributed by atoms with Gasteiger partial charge >= 0.3 is 0 Å². The van der Waals surface area contributed by atoms with Crippen LogP contribution in [-0.4, -0.2) is 25.2 Å². The lowest BCUT2D eigenvalue weighted by molar-refractivity contribution is 0.511. The molecular formula is C5H8N2. The highest BCUT2D eigenvalue weighted by Crippen LogP contribution is 2.15. The third-order valence-corrected chi connectivity index (χ3v) is 1.69. The smallest absolute Gasteiger partial charge is 0.0404 e. The van der Waals surface area contributed by atoms with Crippen LogP contribution in [0.25, 0.3) is 0 Å². The van der Waals surface area contributed by atoms with Crippen LogP contribution in [0.5, 0.6) is 0 Å². The summed E-state index contributed by atoms with van der Waals surface area (Å²) in [6, 6.07) is 1.26. The molecule has 0 spiro atoms. The molecule has 2 fully saturated rings. The minimum atomic E-state index is 0.630. The Morgan fingerprint density at radius 2 is 1.57 bits per heavy atom. The normalized spacial score (nSPS) is 48.0. The van der Waals surface area contributed by atoms with E-state index in [1.807, 2.05) is 0 Å². The van der Waals surface area contributed by atoms with Crippen LogP contribution in [0, 0.1) is 0 Å². The number of hydrogen-bond acceptors (Lipinski definition) is 0. The van der Waals surface area contributed by atoms with Gasteiger partial charge in [0.2, 0.25) is 0 Å². The first-order valence-electron chi connectivity index (χ1n) is 2.78. The fourth-order valence-electron chi connectivity index (χ4n) is 1.27. The molecule has 2 nitrogen and oxygen atoms in total. The van der Waals surface area contributed by atoms with Crippen LogP contribution >= 0.6 is 0 Å². The van der Waals surface area contributed by atoms with Gasteiger partial charge in [-0.15, -0.1) is 0 Å². The van der Waals surface area contributed by atoms with Crippen molar-refractivity contribution in [2.24, 2.45) is 0 Å². The lowest BCUT2D eigenvalue weighted by atomic mass is 10.3. The molecule has 0 aromatic heterocycles. The summed E-state index contributed by atoms with van der Waals surface area (Å²) in [5.41, 5.74) is 0. The zero-order valence-electron chi connectivity index (χ0n) is 4.17. The molecule has 2 rings (SSSR count). The zero-order valence-corrected chi connectivity index (χ0v) is 4.17. The third kappa shape index (κ3) is 0.469. The predicted octanol–water partition coefficient (Wildman–Crippen LogP) is -0.650. The van der Waals surface area contributed by atoms with Gasteiger partial charge in [-0.1, -0.05) is 0 Å². The summed E-state index contributed by atoms with van der Waals surface area (Å²) in [7, 11) is 0. The minimum Gasteiger partial charge on any atom is -0.235 e. The van der Waals surface area contributed by atoms with Gasteiger partial charge in [0.05, 0.1) is 0 Å². The molecule has 0 unspecified atom stereocenters. The van der Waals surface area contributed by atoms with Gasteiger partial charge in [0.1, 0.15) is 0 Å². The zero-order chi connectivity index (χ0) is 4.69. The van der Waals surface area contributed by atoms with E-state index in [1.54, 1.807) is 0 Å². The highest BCUT2D eigenvalue weighted by atomic mass is 15.1. The molecule has 2 atom stereocenters. The van der Waals surface area contributed by atoms with Crippen molar-refractivity contribution in [2.75, 3.05) is 13.1 Å². The predicted molar refractivity (Wildman–Crippen MR) is 26.2 cm³/mol. The molecule has 2 heterocycles. The van der Waals surface area contributed by atoms with Gasteiger partial charge in [0, 0.05) is 25.2 Å². The summed E-state index contributed by atoms with van der Waals surface area (Å²) in [6.45, 7) is 2.04. The van der Waals surface area contributed by atoms with Crippen molar-refractivity contribution in [2.45, 2.75) is 18.5 Å². The fourth-order valence-corrected chi connectivity index (χ4v) is 1.27. The van der Waals surface area contributed by atoms with Gasteiger partial charge < -0.3 is 0 Å². The maximum Gasteiger partial charge on any atom is 0.0404 e. The second-order valence-electron chi connectivity index (χ2n) is 2.27.